The summed E-state index contributed by atoms with van der Waals surface area (Å²) in [6, 6.07) is 3.76. The van der Waals surface area contributed by atoms with Crippen molar-refractivity contribution in [1.29, 1.82) is 0 Å². The summed E-state index contributed by atoms with van der Waals surface area (Å²) in [7, 11) is 0. The number of fused-ring (bicyclic) bond motifs is 1. The summed E-state index contributed by atoms with van der Waals surface area (Å²) >= 11 is 0. The minimum atomic E-state index is 0.00122. The number of pyridine rings is 1. The van der Waals surface area contributed by atoms with Crippen LogP contribution in [0.15, 0.2) is 30.7 Å². The Bertz CT molecular complexity index is 1020. The fourth-order valence-corrected chi connectivity index (χ4v) is 3.89. The number of aryl methyl sites for hydroxylation is 1. The topological polar surface area (TPSA) is 87.7 Å². The van der Waals surface area contributed by atoms with Gasteiger partial charge in [-0.25, -0.2) is 9.97 Å². The van der Waals surface area contributed by atoms with E-state index in [1.807, 2.05) is 24.0 Å². The molecule has 0 saturated heterocycles. The number of nitrogens with zero attached hydrogens (tertiary/aromatic N) is 5. The third-order valence-electron chi connectivity index (χ3n) is 5.63. The fraction of sp³-hybridized carbons (Fsp3) is 0.381. The molecule has 1 saturated carbocycles. The molecule has 0 unspecified atom stereocenters. The Morgan fingerprint density at radius 2 is 2.07 bits per heavy atom. The van der Waals surface area contributed by atoms with Crippen LogP contribution in [-0.2, 0) is 12.8 Å². The van der Waals surface area contributed by atoms with Crippen LogP contribution in [0.5, 0.6) is 0 Å². The van der Waals surface area contributed by atoms with Crippen LogP contribution >= 0.6 is 0 Å². The molecule has 1 N–H and O–H groups in total. The van der Waals surface area contributed by atoms with Gasteiger partial charge in [0.05, 0.1) is 17.0 Å². The lowest BCUT2D eigenvalue weighted by atomic mass is 10.1. The van der Waals surface area contributed by atoms with E-state index in [9.17, 15) is 4.79 Å². The number of H-pyrrole nitrogens is 1. The summed E-state index contributed by atoms with van der Waals surface area (Å²) in [5.74, 6) is 1.22. The molecule has 5 rings (SSSR count). The molecule has 0 bridgehead atoms. The first-order chi connectivity index (χ1) is 13.7. The highest BCUT2D eigenvalue weighted by Crippen LogP contribution is 2.41. The Morgan fingerprint density at radius 3 is 2.82 bits per heavy atom. The van der Waals surface area contributed by atoms with Gasteiger partial charge >= 0.3 is 0 Å². The molecule has 0 aromatic carbocycles. The second-order valence-electron chi connectivity index (χ2n) is 7.57. The highest BCUT2D eigenvalue weighted by Gasteiger charge is 2.32. The maximum absolute atomic E-state index is 13.1. The first-order valence-electron chi connectivity index (χ1n) is 9.80. The Hall–Kier alpha value is -3.09. The molecule has 28 heavy (non-hydrogen) atoms. The van der Waals surface area contributed by atoms with Crippen molar-refractivity contribution in [2.75, 3.05) is 13.1 Å². The van der Waals surface area contributed by atoms with Crippen molar-refractivity contribution in [2.24, 2.45) is 0 Å². The molecule has 1 amide bonds. The van der Waals surface area contributed by atoms with Gasteiger partial charge in [0, 0.05) is 55.3 Å². The van der Waals surface area contributed by atoms with Crippen LogP contribution in [0.4, 0.5) is 0 Å². The van der Waals surface area contributed by atoms with E-state index in [4.69, 9.17) is 0 Å². The Kier molecular flexibility index (Phi) is 4.15. The lowest BCUT2D eigenvalue weighted by Gasteiger charge is -2.21. The lowest BCUT2D eigenvalue weighted by molar-refractivity contribution is 0.0761. The molecule has 3 aromatic rings. The highest BCUT2D eigenvalue weighted by molar-refractivity contribution is 5.95. The minimum Gasteiger partial charge on any atom is -0.338 e. The van der Waals surface area contributed by atoms with Crippen molar-refractivity contribution in [3.8, 4) is 11.4 Å². The molecular weight excluding hydrogens is 352 g/mol. The molecule has 142 valence electrons. The Labute approximate surface area is 163 Å². The fourth-order valence-electron chi connectivity index (χ4n) is 3.89. The predicted octanol–water partition coefficient (Wildman–Crippen LogP) is 2.69. The first kappa shape index (κ1) is 17.0. The smallest absolute Gasteiger partial charge is 0.257 e. The minimum absolute atomic E-state index is 0.00122. The summed E-state index contributed by atoms with van der Waals surface area (Å²) < 4.78 is 0. The number of rotatable bonds is 3. The van der Waals surface area contributed by atoms with Crippen molar-refractivity contribution >= 4 is 5.91 Å². The van der Waals surface area contributed by atoms with Gasteiger partial charge in [0.2, 0.25) is 0 Å². The van der Waals surface area contributed by atoms with Crippen LogP contribution in [0.1, 0.15) is 51.8 Å². The third-order valence-corrected chi connectivity index (χ3v) is 5.63. The third kappa shape index (κ3) is 3.06. The van der Waals surface area contributed by atoms with E-state index in [1.165, 1.54) is 29.8 Å². The molecule has 1 aliphatic heterocycles. The Morgan fingerprint density at radius 1 is 1.21 bits per heavy atom. The molecule has 1 fully saturated rings. The van der Waals surface area contributed by atoms with Crippen molar-refractivity contribution in [3.63, 3.8) is 0 Å². The number of aromatic nitrogens is 5. The van der Waals surface area contributed by atoms with Gasteiger partial charge < -0.3 is 4.90 Å². The maximum Gasteiger partial charge on any atom is 0.257 e. The van der Waals surface area contributed by atoms with Crippen LogP contribution in [0.3, 0.4) is 0 Å². The van der Waals surface area contributed by atoms with E-state index in [0.717, 1.165) is 18.4 Å². The van der Waals surface area contributed by atoms with E-state index in [2.05, 4.69) is 25.1 Å². The van der Waals surface area contributed by atoms with Gasteiger partial charge in [0.1, 0.15) is 0 Å². The molecule has 1 aliphatic carbocycles. The number of carbonyl (C=O) groups is 1. The average Bonchev–Trinajstić information content (AvgIpc) is 3.52. The summed E-state index contributed by atoms with van der Waals surface area (Å²) in [6.45, 7) is 3.25. The zero-order chi connectivity index (χ0) is 19.1. The van der Waals surface area contributed by atoms with Crippen molar-refractivity contribution in [2.45, 2.75) is 38.5 Å². The lowest BCUT2D eigenvalue weighted by Crippen LogP contribution is -2.34. The molecule has 7 nitrogen and oxygen atoms in total. The van der Waals surface area contributed by atoms with Gasteiger partial charge in [-0.2, -0.15) is 5.10 Å². The van der Waals surface area contributed by atoms with E-state index in [-0.39, 0.29) is 5.91 Å². The van der Waals surface area contributed by atoms with Crippen LogP contribution in [0.2, 0.25) is 0 Å². The summed E-state index contributed by atoms with van der Waals surface area (Å²) in [5.41, 5.74) is 5.86. The standard InChI is InChI=1S/C21H22N6O/c1-13-17(12-23-20(24-13)15-3-2-8-22-11-15)21(28)27-9-6-16-18(7-10-27)25-26-19(16)14-4-5-14/h2-3,8,11-12,14H,4-7,9-10H2,1H3,(H,25,26). The molecule has 0 radical (unpaired) electrons. The van der Waals surface area contributed by atoms with Crippen LogP contribution in [0.25, 0.3) is 11.4 Å². The largest absolute Gasteiger partial charge is 0.338 e. The molecule has 3 aromatic heterocycles. The van der Waals surface area contributed by atoms with Crippen molar-refractivity contribution in [3.05, 3.63) is 58.9 Å². The van der Waals surface area contributed by atoms with E-state index < -0.39 is 0 Å². The van der Waals surface area contributed by atoms with Crippen molar-refractivity contribution < 1.29 is 4.79 Å². The monoisotopic (exact) mass is 374 g/mol. The van der Waals surface area contributed by atoms with Crippen LogP contribution in [-0.4, -0.2) is 49.0 Å². The summed E-state index contributed by atoms with van der Waals surface area (Å²) in [4.78, 5) is 28.1. The zero-order valence-electron chi connectivity index (χ0n) is 15.9. The second kappa shape index (κ2) is 6.82. The highest BCUT2D eigenvalue weighted by atomic mass is 16.2. The summed E-state index contributed by atoms with van der Waals surface area (Å²) in [5, 5.41) is 7.73. The van der Waals surface area contributed by atoms with Gasteiger partial charge in [-0.15, -0.1) is 0 Å². The van der Waals surface area contributed by atoms with Gasteiger partial charge in [0.25, 0.3) is 5.91 Å². The molecular formula is C21H22N6O. The molecule has 2 aliphatic rings. The normalized spacial score (nSPS) is 16.5. The SMILES string of the molecule is Cc1nc(-c2cccnc2)ncc1C(=O)N1CCc2[nH]nc(C3CC3)c2CC1. The van der Waals surface area contributed by atoms with Crippen molar-refractivity contribution in [1.82, 2.24) is 30.0 Å². The molecule has 0 spiro atoms. The number of carbonyl (C=O) groups excluding carboxylic acids is 1. The number of aromatic amines is 1. The molecule has 7 heteroatoms. The van der Waals surface area contributed by atoms with Crippen LogP contribution < -0.4 is 0 Å². The predicted molar refractivity (Wildman–Crippen MR) is 104 cm³/mol. The maximum atomic E-state index is 13.1. The second-order valence-corrected chi connectivity index (χ2v) is 7.57. The van der Waals surface area contributed by atoms with E-state index in [1.54, 1.807) is 18.6 Å². The molecule has 0 atom stereocenters. The van der Waals surface area contributed by atoms with Gasteiger partial charge in [-0.3, -0.25) is 14.9 Å². The van der Waals surface area contributed by atoms with E-state index in [0.29, 0.717) is 36.1 Å². The van der Waals surface area contributed by atoms with Gasteiger partial charge in [-0.1, -0.05) is 0 Å². The summed E-state index contributed by atoms with van der Waals surface area (Å²) in [6.07, 6.45) is 9.23. The molecule has 4 heterocycles. The van der Waals surface area contributed by atoms with Crippen LogP contribution in [0, 0.1) is 6.92 Å². The van der Waals surface area contributed by atoms with E-state index >= 15 is 0 Å². The first-order valence-corrected chi connectivity index (χ1v) is 9.80. The number of hydrogen-bond donors (Lipinski definition) is 1. The van der Waals surface area contributed by atoms with Gasteiger partial charge in [-0.05, 0) is 43.9 Å². The Balaban J connectivity index is 1.35. The number of amides is 1. The zero-order valence-corrected chi connectivity index (χ0v) is 15.9. The average molecular weight is 374 g/mol. The number of hydrogen-bond acceptors (Lipinski definition) is 5. The number of nitrogens with one attached hydrogen (secondary N) is 1. The quantitative estimate of drug-likeness (QED) is 0.761. The van der Waals surface area contributed by atoms with Gasteiger partial charge in [0.15, 0.2) is 5.82 Å².